The molecule has 180 valence electrons. The topological polar surface area (TPSA) is 89.8 Å². The number of hydrogen-bond acceptors (Lipinski definition) is 4. The van der Waals surface area contributed by atoms with Crippen molar-refractivity contribution in [3.63, 3.8) is 0 Å². The number of carbonyl (C=O) groups excluding carboxylic acids is 1. The smallest absolute Gasteiger partial charge is 0.244 e. The fourth-order valence-electron chi connectivity index (χ4n) is 2.97. The van der Waals surface area contributed by atoms with Gasteiger partial charge in [-0.25, -0.2) is 0 Å². The van der Waals surface area contributed by atoms with Crippen LogP contribution in [0, 0.1) is 0 Å². The first-order valence-electron chi connectivity index (χ1n) is 11.6. The average Bonchev–Trinajstić information content (AvgIpc) is 2.78. The number of carbonyl (C=O) groups is 1. The van der Waals surface area contributed by atoms with Gasteiger partial charge in [0.1, 0.15) is 0 Å². The van der Waals surface area contributed by atoms with Crippen LogP contribution >= 0.6 is 0 Å². The third-order valence-corrected chi connectivity index (χ3v) is 4.87. The zero-order valence-electron chi connectivity index (χ0n) is 19.8. The van der Waals surface area contributed by atoms with E-state index in [1.807, 2.05) is 37.3 Å². The normalized spacial score (nSPS) is 26.1. The van der Waals surface area contributed by atoms with Gasteiger partial charge in [0.05, 0.1) is 18.3 Å². The molecule has 5 nitrogen and oxygen atoms in total. The summed E-state index contributed by atoms with van der Waals surface area (Å²) in [4.78, 5) is 12.3. The number of unbranched alkanes of at least 4 members (excludes halogenated alkanes) is 1. The van der Waals surface area contributed by atoms with Gasteiger partial charge in [-0.1, -0.05) is 104 Å². The van der Waals surface area contributed by atoms with Crippen molar-refractivity contribution in [2.75, 3.05) is 0 Å². The van der Waals surface area contributed by atoms with Gasteiger partial charge in [0.15, 0.2) is 0 Å². The van der Waals surface area contributed by atoms with Gasteiger partial charge >= 0.3 is 0 Å². The van der Waals surface area contributed by atoms with Crippen LogP contribution in [0.4, 0.5) is 0 Å². The van der Waals surface area contributed by atoms with Gasteiger partial charge in [-0.3, -0.25) is 4.79 Å². The van der Waals surface area contributed by atoms with Crippen LogP contribution in [0.3, 0.4) is 0 Å². The molecule has 0 bridgehead atoms. The molecule has 0 radical (unpaired) electrons. The molecular weight excluding hydrogens is 414 g/mol. The van der Waals surface area contributed by atoms with Gasteiger partial charge in [-0.15, -0.1) is 0 Å². The number of allylic oxidation sites excluding steroid dienone is 11. The summed E-state index contributed by atoms with van der Waals surface area (Å²) in [6.07, 6.45) is 27.3. The van der Waals surface area contributed by atoms with Crippen molar-refractivity contribution in [3.05, 3.63) is 96.7 Å². The Morgan fingerprint density at radius 2 is 1.70 bits per heavy atom. The second-order valence-corrected chi connectivity index (χ2v) is 8.01. The van der Waals surface area contributed by atoms with Crippen molar-refractivity contribution >= 4 is 5.91 Å². The second-order valence-electron chi connectivity index (χ2n) is 8.01. The Balaban J connectivity index is 2.96. The lowest BCUT2D eigenvalue weighted by molar-refractivity contribution is -0.117. The maximum Gasteiger partial charge on any atom is 0.244 e. The van der Waals surface area contributed by atoms with E-state index in [4.69, 9.17) is 0 Å². The zero-order chi connectivity index (χ0) is 24.3. The predicted molar refractivity (Wildman–Crippen MR) is 136 cm³/mol. The number of amides is 1. The number of aliphatic hydroxyl groups is 3. The van der Waals surface area contributed by atoms with E-state index in [-0.39, 0.29) is 18.4 Å². The lowest BCUT2D eigenvalue weighted by Gasteiger charge is -2.16. The molecule has 1 rings (SSSR count). The summed E-state index contributed by atoms with van der Waals surface area (Å²) in [5.41, 5.74) is 1.03. The Morgan fingerprint density at radius 3 is 2.48 bits per heavy atom. The highest BCUT2D eigenvalue weighted by Crippen LogP contribution is 2.07. The van der Waals surface area contributed by atoms with Gasteiger partial charge in [0.2, 0.25) is 5.91 Å². The van der Waals surface area contributed by atoms with E-state index in [0.717, 1.165) is 24.8 Å². The summed E-state index contributed by atoms with van der Waals surface area (Å²) in [5.74, 6) is -0.168. The maximum absolute atomic E-state index is 12.3. The third kappa shape index (κ3) is 14.9. The molecule has 0 aromatic rings. The van der Waals surface area contributed by atoms with Crippen molar-refractivity contribution < 1.29 is 20.1 Å². The highest BCUT2D eigenvalue weighted by Gasteiger charge is 2.16. The molecular formula is C28H39NO4. The van der Waals surface area contributed by atoms with E-state index in [1.165, 1.54) is 12.2 Å². The molecule has 4 N–H and O–H groups in total. The van der Waals surface area contributed by atoms with E-state index in [1.54, 1.807) is 36.5 Å². The van der Waals surface area contributed by atoms with Crippen LogP contribution in [0.15, 0.2) is 96.7 Å². The molecule has 0 spiro atoms. The van der Waals surface area contributed by atoms with E-state index in [9.17, 15) is 20.1 Å². The van der Waals surface area contributed by atoms with Crippen molar-refractivity contribution in [1.29, 1.82) is 0 Å². The quantitative estimate of drug-likeness (QED) is 0.476. The number of hydrogen-bond donors (Lipinski definition) is 4. The molecule has 0 aromatic carbocycles. The van der Waals surface area contributed by atoms with Crippen LogP contribution in [0.1, 0.15) is 46.0 Å². The Labute approximate surface area is 198 Å². The predicted octanol–water partition coefficient (Wildman–Crippen LogP) is 4.38. The first kappa shape index (κ1) is 28.3. The van der Waals surface area contributed by atoms with Crippen LogP contribution in [0.25, 0.3) is 0 Å². The highest BCUT2D eigenvalue weighted by molar-refractivity contribution is 5.88. The van der Waals surface area contributed by atoms with Crippen molar-refractivity contribution in [2.45, 2.75) is 70.3 Å². The van der Waals surface area contributed by atoms with Crippen LogP contribution in [-0.2, 0) is 4.79 Å². The standard InChI is InChI=1S/C28H39NO4/c1-3-4-5-8-17-24-18-13-11-15-23(2)16-12-14-19-25(30)22-27(32)26(31)20-9-6-7-10-21-28(33)29-24/h5-16,19-21,24-27,30-32H,3-4,17-18,22H2,1-2H3,(H,29,33). The van der Waals surface area contributed by atoms with Crippen molar-refractivity contribution in [1.82, 2.24) is 5.32 Å². The average molecular weight is 454 g/mol. The molecule has 0 saturated carbocycles. The maximum atomic E-state index is 12.3. The third-order valence-electron chi connectivity index (χ3n) is 4.87. The molecule has 0 saturated heterocycles. The number of nitrogens with one attached hydrogen (secondary N) is 1. The van der Waals surface area contributed by atoms with Gasteiger partial charge in [0.25, 0.3) is 0 Å². The molecule has 1 aliphatic heterocycles. The Kier molecular flexibility index (Phi) is 15.3. The molecule has 1 heterocycles. The number of aliphatic hydroxyl groups excluding tert-OH is 3. The Hall–Kier alpha value is -2.73. The van der Waals surface area contributed by atoms with Gasteiger partial charge in [-0.2, -0.15) is 0 Å². The molecule has 0 fully saturated rings. The molecule has 4 atom stereocenters. The van der Waals surface area contributed by atoms with Gasteiger partial charge < -0.3 is 20.6 Å². The fraction of sp³-hybridized carbons (Fsp3) is 0.393. The molecule has 0 aliphatic carbocycles. The van der Waals surface area contributed by atoms with E-state index >= 15 is 0 Å². The van der Waals surface area contributed by atoms with Crippen molar-refractivity contribution in [3.8, 4) is 0 Å². The zero-order valence-corrected chi connectivity index (χ0v) is 19.8. The molecule has 5 heteroatoms. The summed E-state index contributed by atoms with van der Waals surface area (Å²) in [7, 11) is 0. The lowest BCUT2D eigenvalue weighted by Crippen LogP contribution is -2.32. The fourth-order valence-corrected chi connectivity index (χ4v) is 2.97. The highest BCUT2D eigenvalue weighted by atomic mass is 16.3. The molecule has 33 heavy (non-hydrogen) atoms. The summed E-state index contributed by atoms with van der Waals surface area (Å²) < 4.78 is 0. The SMILES string of the molecule is CCCC=CCC1CC=CC=C(C)C=CC=CC(O)CC(O)C(O)C=CC=CC=CC(=O)N1. The number of rotatable bonds is 4. The molecule has 4 unspecified atom stereocenters. The minimum Gasteiger partial charge on any atom is -0.390 e. The monoisotopic (exact) mass is 453 g/mol. The Bertz CT molecular complexity index is 799. The van der Waals surface area contributed by atoms with E-state index in [0.29, 0.717) is 6.42 Å². The van der Waals surface area contributed by atoms with Gasteiger partial charge in [-0.05, 0) is 26.2 Å². The van der Waals surface area contributed by atoms with Crippen LogP contribution in [0.5, 0.6) is 0 Å². The van der Waals surface area contributed by atoms with Gasteiger partial charge in [0, 0.05) is 18.5 Å². The first-order chi connectivity index (χ1) is 15.9. The summed E-state index contributed by atoms with van der Waals surface area (Å²) in [6, 6.07) is -0.00135. The van der Waals surface area contributed by atoms with E-state index in [2.05, 4.69) is 24.4 Å². The van der Waals surface area contributed by atoms with Crippen molar-refractivity contribution in [2.24, 2.45) is 0 Å². The minimum absolute atomic E-state index is 0.00135. The molecule has 0 aromatic heterocycles. The second kappa shape index (κ2) is 17.8. The summed E-state index contributed by atoms with van der Waals surface area (Å²) in [6.45, 7) is 4.11. The molecule has 1 aliphatic rings. The van der Waals surface area contributed by atoms with Crippen LogP contribution < -0.4 is 5.32 Å². The first-order valence-corrected chi connectivity index (χ1v) is 11.6. The Morgan fingerprint density at radius 1 is 0.970 bits per heavy atom. The van der Waals surface area contributed by atoms with Crippen LogP contribution in [-0.4, -0.2) is 45.6 Å². The van der Waals surface area contributed by atoms with Crippen LogP contribution in [0.2, 0.25) is 0 Å². The summed E-state index contributed by atoms with van der Waals surface area (Å²) >= 11 is 0. The minimum atomic E-state index is -1.10. The summed E-state index contributed by atoms with van der Waals surface area (Å²) in [5, 5.41) is 33.1. The molecule has 1 amide bonds. The lowest BCUT2D eigenvalue weighted by atomic mass is 10.1. The van der Waals surface area contributed by atoms with E-state index < -0.39 is 18.3 Å². The largest absolute Gasteiger partial charge is 0.390 e.